The van der Waals surface area contributed by atoms with Crippen LogP contribution in [0.25, 0.3) is 16.9 Å². The summed E-state index contributed by atoms with van der Waals surface area (Å²) in [7, 11) is 0. The number of halogens is 3. The van der Waals surface area contributed by atoms with E-state index >= 15 is 0 Å². The van der Waals surface area contributed by atoms with Crippen LogP contribution in [-0.2, 0) is 6.54 Å². The van der Waals surface area contributed by atoms with Crippen LogP contribution >= 0.6 is 23.2 Å². The van der Waals surface area contributed by atoms with Gasteiger partial charge in [-0.3, -0.25) is 14.6 Å². The Hall–Kier alpha value is -4.67. The van der Waals surface area contributed by atoms with E-state index in [0.717, 1.165) is 0 Å². The van der Waals surface area contributed by atoms with E-state index in [9.17, 15) is 14.0 Å². The summed E-state index contributed by atoms with van der Waals surface area (Å²) in [4.78, 5) is 38.4. The second kappa shape index (κ2) is 11.4. The molecule has 0 aliphatic rings. The van der Waals surface area contributed by atoms with Crippen molar-refractivity contribution in [1.82, 2.24) is 30.0 Å². The number of hydrogen-bond acceptors (Lipinski definition) is 6. The van der Waals surface area contributed by atoms with Crippen molar-refractivity contribution in [3.05, 3.63) is 118 Å². The second-order valence-corrected chi connectivity index (χ2v) is 8.92. The molecule has 12 heteroatoms. The van der Waals surface area contributed by atoms with Crippen molar-refractivity contribution in [3.63, 3.8) is 0 Å². The molecule has 39 heavy (non-hydrogen) atoms. The highest BCUT2D eigenvalue weighted by Crippen LogP contribution is 2.33. The number of anilines is 1. The molecule has 3 heterocycles. The Bertz CT molecular complexity index is 1660. The maximum Gasteiger partial charge on any atom is 0.272 e. The fourth-order valence-electron chi connectivity index (χ4n) is 3.69. The molecule has 0 saturated carbocycles. The average Bonchev–Trinajstić information content (AvgIpc) is 3.37. The number of carbonyl (C=O) groups excluding carboxylic acids is 2. The first kappa shape index (κ1) is 26.0. The molecule has 3 aromatic heterocycles. The lowest BCUT2D eigenvalue weighted by atomic mass is 10.1. The van der Waals surface area contributed by atoms with Gasteiger partial charge in [0.2, 0.25) is 0 Å². The van der Waals surface area contributed by atoms with Crippen molar-refractivity contribution < 1.29 is 14.0 Å². The van der Waals surface area contributed by atoms with Crippen molar-refractivity contribution in [2.45, 2.75) is 6.54 Å². The number of benzene rings is 2. The number of aromatic nitrogens is 5. The first-order valence-electron chi connectivity index (χ1n) is 11.5. The van der Waals surface area contributed by atoms with Crippen LogP contribution in [0.4, 0.5) is 10.2 Å². The number of hydrogen-bond donors (Lipinski definition) is 2. The van der Waals surface area contributed by atoms with E-state index in [1.807, 2.05) is 6.07 Å². The zero-order chi connectivity index (χ0) is 27.4. The molecule has 0 aliphatic carbocycles. The Labute approximate surface area is 231 Å². The van der Waals surface area contributed by atoms with Gasteiger partial charge in [0.15, 0.2) is 5.69 Å². The molecular weight excluding hydrogens is 544 g/mol. The van der Waals surface area contributed by atoms with Crippen LogP contribution in [0.2, 0.25) is 10.0 Å². The smallest absolute Gasteiger partial charge is 0.272 e. The molecule has 2 aromatic carbocycles. The van der Waals surface area contributed by atoms with Gasteiger partial charge in [-0.2, -0.15) is 5.10 Å². The molecule has 0 fully saturated rings. The quantitative estimate of drug-likeness (QED) is 0.276. The molecule has 0 atom stereocenters. The van der Waals surface area contributed by atoms with Gasteiger partial charge in [0, 0.05) is 30.2 Å². The maximum absolute atomic E-state index is 14.4. The van der Waals surface area contributed by atoms with E-state index in [4.69, 9.17) is 23.2 Å². The van der Waals surface area contributed by atoms with Crippen LogP contribution < -0.4 is 10.6 Å². The van der Waals surface area contributed by atoms with Crippen LogP contribution in [0.3, 0.4) is 0 Å². The van der Waals surface area contributed by atoms with Crippen LogP contribution in [-0.4, -0.2) is 36.5 Å². The predicted octanol–water partition coefficient (Wildman–Crippen LogP) is 5.35. The van der Waals surface area contributed by atoms with Gasteiger partial charge in [0.25, 0.3) is 11.8 Å². The van der Waals surface area contributed by atoms with Gasteiger partial charge in [-0.05, 0) is 42.5 Å². The number of para-hydroxylation sites is 1. The molecule has 9 nitrogen and oxygen atoms in total. The highest BCUT2D eigenvalue weighted by Gasteiger charge is 2.21. The summed E-state index contributed by atoms with van der Waals surface area (Å²) in [6.07, 6.45) is 4.56. The van der Waals surface area contributed by atoms with Crippen LogP contribution in [0.1, 0.15) is 26.7 Å². The zero-order valence-electron chi connectivity index (χ0n) is 20.0. The Morgan fingerprint density at radius 2 is 1.59 bits per heavy atom. The Morgan fingerprint density at radius 1 is 0.846 bits per heavy atom. The highest BCUT2D eigenvalue weighted by molar-refractivity contribution is 6.38. The molecule has 5 rings (SSSR count). The molecule has 0 bridgehead atoms. The minimum absolute atomic E-state index is 0.0224. The summed E-state index contributed by atoms with van der Waals surface area (Å²) in [6, 6.07) is 17.4. The van der Waals surface area contributed by atoms with Crippen LogP contribution in [0.5, 0.6) is 0 Å². The van der Waals surface area contributed by atoms with Gasteiger partial charge in [0.05, 0.1) is 27.8 Å². The van der Waals surface area contributed by atoms with Gasteiger partial charge in [0.1, 0.15) is 23.2 Å². The highest BCUT2D eigenvalue weighted by atomic mass is 35.5. The molecule has 194 valence electrons. The summed E-state index contributed by atoms with van der Waals surface area (Å²) in [6.45, 7) is 0.0901. The number of amides is 2. The number of nitrogens with zero attached hydrogens (tertiary/aromatic N) is 5. The molecule has 0 saturated heterocycles. The molecule has 2 N–H and O–H groups in total. The molecule has 0 unspecified atom stereocenters. The number of rotatable bonds is 7. The second-order valence-electron chi connectivity index (χ2n) is 8.11. The normalized spacial score (nSPS) is 10.7. The zero-order valence-corrected chi connectivity index (χ0v) is 21.5. The van der Waals surface area contributed by atoms with Crippen molar-refractivity contribution in [2.24, 2.45) is 0 Å². The van der Waals surface area contributed by atoms with E-state index in [-0.39, 0.29) is 44.9 Å². The fraction of sp³-hybridized carbons (Fsp3) is 0.0370. The molecule has 5 aromatic rings. The Balaban J connectivity index is 1.46. The van der Waals surface area contributed by atoms with Crippen molar-refractivity contribution >= 4 is 40.8 Å². The van der Waals surface area contributed by atoms with Gasteiger partial charge in [-0.1, -0.05) is 41.4 Å². The van der Waals surface area contributed by atoms with Crippen LogP contribution in [0, 0.1) is 5.82 Å². The molecule has 0 aliphatic heterocycles. The third-order valence-corrected chi connectivity index (χ3v) is 6.15. The van der Waals surface area contributed by atoms with E-state index in [2.05, 4.69) is 30.7 Å². The summed E-state index contributed by atoms with van der Waals surface area (Å²) < 4.78 is 15.8. The minimum atomic E-state index is -0.629. The topological polar surface area (TPSA) is 115 Å². The lowest BCUT2D eigenvalue weighted by molar-refractivity contribution is 0.0943. The Morgan fingerprint density at radius 3 is 2.33 bits per heavy atom. The van der Waals surface area contributed by atoms with Gasteiger partial charge >= 0.3 is 0 Å². The number of carbonyl (C=O) groups is 2. The predicted molar refractivity (Wildman–Crippen MR) is 144 cm³/mol. The third kappa shape index (κ3) is 5.77. The fourth-order valence-corrected chi connectivity index (χ4v) is 4.25. The monoisotopic (exact) mass is 561 g/mol. The maximum atomic E-state index is 14.4. The summed E-state index contributed by atoms with van der Waals surface area (Å²) in [5.41, 5.74) is 0.836. The van der Waals surface area contributed by atoms with E-state index in [1.165, 1.54) is 41.2 Å². The Kier molecular flexibility index (Phi) is 7.57. The van der Waals surface area contributed by atoms with Gasteiger partial charge < -0.3 is 10.6 Å². The van der Waals surface area contributed by atoms with Gasteiger partial charge in [-0.15, -0.1) is 0 Å². The third-order valence-electron chi connectivity index (χ3n) is 5.53. The number of nitrogens with one attached hydrogen (secondary N) is 2. The average molecular weight is 562 g/mol. The largest absolute Gasteiger partial charge is 0.343 e. The standard InChI is InChI=1S/C27H18Cl2FN7O2/c28-19-13-20(29)18(12-17(19)25-21(30)8-4-9-33-25)26(38)35-24-14-22(36-37(24)16-6-2-1-3-7-16)27(39)34-15-23-31-10-5-11-32-23/h1-14H,15H2,(H,34,39)(H,35,38). The summed E-state index contributed by atoms with van der Waals surface area (Å²) in [5, 5.41) is 10.0. The SMILES string of the molecule is O=C(NCc1ncccn1)c1cc(NC(=O)c2cc(-c3ncccc3F)c(Cl)cc2Cl)n(-c2ccccc2)n1. The van der Waals surface area contributed by atoms with Gasteiger partial charge in [-0.25, -0.2) is 19.0 Å². The van der Waals surface area contributed by atoms with E-state index in [0.29, 0.717) is 11.5 Å². The molecular formula is C27H18Cl2FN7O2. The summed E-state index contributed by atoms with van der Waals surface area (Å²) >= 11 is 12.6. The van der Waals surface area contributed by atoms with E-state index < -0.39 is 17.6 Å². The summed E-state index contributed by atoms with van der Waals surface area (Å²) in [5.74, 6) is -1.10. The van der Waals surface area contributed by atoms with Crippen molar-refractivity contribution in [3.8, 4) is 16.9 Å². The lowest BCUT2D eigenvalue weighted by Crippen LogP contribution is -2.24. The van der Waals surface area contributed by atoms with Crippen LogP contribution in [0.15, 0.2) is 85.3 Å². The van der Waals surface area contributed by atoms with Crippen molar-refractivity contribution in [1.29, 1.82) is 0 Å². The minimum Gasteiger partial charge on any atom is -0.343 e. The van der Waals surface area contributed by atoms with E-state index in [1.54, 1.807) is 42.7 Å². The molecule has 0 spiro atoms. The first-order valence-corrected chi connectivity index (χ1v) is 12.3. The van der Waals surface area contributed by atoms with Crippen molar-refractivity contribution in [2.75, 3.05) is 5.32 Å². The first-order chi connectivity index (χ1) is 18.9. The number of pyridine rings is 1. The molecule has 2 amide bonds. The lowest BCUT2D eigenvalue weighted by Gasteiger charge is -2.12. The molecule has 0 radical (unpaired) electrons.